The molecule has 172 valence electrons. The highest BCUT2D eigenvalue weighted by atomic mass is 35.5. The van der Waals surface area contributed by atoms with Crippen LogP contribution in [0.5, 0.6) is 5.75 Å². The van der Waals surface area contributed by atoms with Gasteiger partial charge in [-0.05, 0) is 74.2 Å². The van der Waals surface area contributed by atoms with Gasteiger partial charge in [0.25, 0.3) is 5.91 Å². The Bertz CT molecular complexity index is 1030. The molecule has 2 aromatic rings. The van der Waals surface area contributed by atoms with E-state index in [0.717, 1.165) is 0 Å². The highest BCUT2D eigenvalue weighted by Crippen LogP contribution is 2.20. The molecule has 7 nitrogen and oxygen atoms in total. The van der Waals surface area contributed by atoms with Gasteiger partial charge in [0.05, 0.1) is 4.90 Å². The first kappa shape index (κ1) is 24.4. The maximum Gasteiger partial charge on any atom is 0.258 e. The van der Waals surface area contributed by atoms with Crippen molar-refractivity contribution in [1.29, 1.82) is 0 Å². The largest absolute Gasteiger partial charge is 0.484 e. The second-order valence-corrected chi connectivity index (χ2v) is 10.5. The van der Waals surface area contributed by atoms with Crippen molar-refractivity contribution in [2.45, 2.75) is 42.7 Å². The normalized spacial score (nSPS) is 18.6. The molecule has 32 heavy (non-hydrogen) atoms. The van der Waals surface area contributed by atoms with Crippen molar-refractivity contribution in [2.24, 2.45) is 0 Å². The third-order valence-corrected chi connectivity index (χ3v) is 7.27. The molecular weight excluding hydrogens is 475 g/mol. The van der Waals surface area contributed by atoms with Gasteiger partial charge in [0, 0.05) is 22.1 Å². The lowest BCUT2D eigenvalue weighted by Crippen LogP contribution is -2.45. The number of nitrogens with one attached hydrogen (secondary N) is 2. The first-order valence-electron chi connectivity index (χ1n) is 10.2. The fourth-order valence-electron chi connectivity index (χ4n) is 3.50. The summed E-state index contributed by atoms with van der Waals surface area (Å²) in [6.45, 7) is -0.0964. The number of amides is 2. The number of hydrogen-bond donors (Lipinski definition) is 2. The van der Waals surface area contributed by atoms with E-state index in [-0.39, 0.29) is 29.5 Å². The summed E-state index contributed by atoms with van der Waals surface area (Å²) in [4.78, 5) is 24.4. The van der Waals surface area contributed by atoms with Crippen molar-refractivity contribution in [1.82, 2.24) is 10.6 Å². The van der Waals surface area contributed by atoms with Gasteiger partial charge in [-0.3, -0.25) is 9.59 Å². The van der Waals surface area contributed by atoms with Crippen molar-refractivity contribution in [3.63, 3.8) is 0 Å². The Kier molecular flexibility index (Phi) is 8.39. The molecule has 2 N–H and O–H groups in total. The van der Waals surface area contributed by atoms with Crippen LogP contribution in [0.25, 0.3) is 0 Å². The Morgan fingerprint density at radius 2 is 1.28 bits per heavy atom. The molecule has 0 radical (unpaired) electrons. The lowest BCUT2D eigenvalue weighted by atomic mass is 9.91. The van der Waals surface area contributed by atoms with E-state index in [4.69, 9.17) is 27.9 Å². The number of sulfone groups is 1. The smallest absolute Gasteiger partial charge is 0.258 e. The number of benzene rings is 2. The number of carbonyl (C=O) groups is 2. The molecular formula is C22H24Cl2N2O5S. The third-order valence-electron chi connectivity index (χ3n) is 5.13. The van der Waals surface area contributed by atoms with E-state index in [1.165, 1.54) is 24.3 Å². The lowest BCUT2D eigenvalue weighted by molar-refractivity contribution is -0.124. The maximum atomic E-state index is 12.4. The highest BCUT2D eigenvalue weighted by molar-refractivity contribution is 7.92. The molecule has 1 fully saturated rings. The number of carbonyl (C=O) groups excluding carboxylic acids is 2. The topological polar surface area (TPSA) is 102 Å². The van der Waals surface area contributed by atoms with Crippen LogP contribution < -0.4 is 15.4 Å². The molecule has 1 aliphatic rings. The Balaban J connectivity index is 1.38. The maximum absolute atomic E-state index is 12.4. The first-order valence-corrected chi connectivity index (χ1v) is 12.6. The van der Waals surface area contributed by atoms with Crippen LogP contribution >= 0.6 is 23.2 Å². The minimum Gasteiger partial charge on any atom is -0.484 e. The molecule has 0 bridgehead atoms. The van der Waals surface area contributed by atoms with E-state index in [9.17, 15) is 18.0 Å². The zero-order valence-corrected chi connectivity index (χ0v) is 19.5. The third kappa shape index (κ3) is 7.39. The van der Waals surface area contributed by atoms with E-state index < -0.39 is 21.5 Å². The Morgan fingerprint density at radius 1 is 0.812 bits per heavy atom. The van der Waals surface area contributed by atoms with Gasteiger partial charge >= 0.3 is 0 Å². The van der Waals surface area contributed by atoms with Crippen LogP contribution in [0.1, 0.15) is 25.7 Å². The predicted molar refractivity (Wildman–Crippen MR) is 123 cm³/mol. The van der Waals surface area contributed by atoms with E-state index in [0.29, 0.717) is 41.5 Å². The van der Waals surface area contributed by atoms with Gasteiger partial charge < -0.3 is 15.4 Å². The van der Waals surface area contributed by atoms with Crippen molar-refractivity contribution in [3.05, 3.63) is 58.6 Å². The van der Waals surface area contributed by atoms with Gasteiger partial charge in [-0.15, -0.1) is 0 Å². The van der Waals surface area contributed by atoms with Crippen LogP contribution in [0.4, 0.5) is 0 Å². The number of hydrogen-bond acceptors (Lipinski definition) is 5. The van der Waals surface area contributed by atoms with E-state index in [1.54, 1.807) is 24.3 Å². The molecule has 1 aliphatic carbocycles. The quantitative estimate of drug-likeness (QED) is 0.580. The monoisotopic (exact) mass is 498 g/mol. The summed E-state index contributed by atoms with van der Waals surface area (Å²) in [5, 5.41) is 6.73. The molecule has 2 aromatic carbocycles. The number of halogens is 2. The van der Waals surface area contributed by atoms with Gasteiger partial charge in [0.15, 0.2) is 16.4 Å². The van der Waals surface area contributed by atoms with Crippen molar-refractivity contribution in [2.75, 3.05) is 12.4 Å². The fraction of sp³-hybridized carbons (Fsp3) is 0.364. The van der Waals surface area contributed by atoms with Crippen molar-refractivity contribution < 1.29 is 22.7 Å². The zero-order valence-electron chi connectivity index (χ0n) is 17.2. The molecule has 2 amide bonds. The molecule has 0 atom stereocenters. The van der Waals surface area contributed by atoms with Crippen LogP contribution in [-0.2, 0) is 19.4 Å². The molecule has 0 heterocycles. The van der Waals surface area contributed by atoms with E-state index in [1.807, 2.05) is 0 Å². The standard InChI is InChI=1S/C22H24Cl2N2O5S/c23-15-1-9-19(10-2-15)31-13-21(27)25-17-5-7-18(8-6-17)26-22(28)14-32(29,30)20-11-3-16(24)4-12-20/h1-4,9-12,17-18H,5-8,13-14H2,(H,25,27)(H,26,28). The summed E-state index contributed by atoms with van der Waals surface area (Å²) in [6.07, 6.45) is 2.66. The van der Waals surface area contributed by atoms with E-state index >= 15 is 0 Å². The van der Waals surface area contributed by atoms with Gasteiger partial charge in [-0.25, -0.2) is 8.42 Å². The lowest BCUT2D eigenvalue weighted by Gasteiger charge is -2.29. The Labute approximate surface area is 197 Å². The van der Waals surface area contributed by atoms with Gasteiger partial charge in [0.1, 0.15) is 11.5 Å². The van der Waals surface area contributed by atoms with Crippen molar-refractivity contribution in [3.8, 4) is 5.75 Å². The summed E-state index contributed by atoms with van der Waals surface area (Å²) in [5.41, 5.74) is 0. The predicted octanol–water partition coefficient (Wildman–Crippen LogP) is 3.39. The highest BCUT2D eigenvalue weighted by Gasteiger charge is 2.26. The summed E-state index contributed by atoms with van der Waals surface area (Å²) >= 11 is 11.6. The average molecular weight is 499 g/mol. The molecule has 3 rings (SSSR count). The second-order valence-electron chi connectivity index (χ2n) is 7.64. The van der Waals surface area contributed by atoms with Crippen LogP contribution in [0, 0.1) is 0 Å². The first-order chi connectivity index (χ1) is 15.2. The molecule has 0 saturated heterocycles. The molecule has 10 heteroatoms. The second kappa shape index (κ2) is 11.0. The molecule has 0 unspecified atom stereocenters. The fourth-order valence-corrected chi connectivity index (χ4v) is 4.90. The Hall–Kier alpha value is -2.29. The van der Waals surface area contributed by atoms with Gasteiger partial charge in [-0.2, -0.15) is 0 Å². The summed E-state index contributed by atoms with van der Waals surface area (Å²) < 4.78 is 30.2. The van der Waals surface area contributed by atoms with Crippen LogP contribution in [0.15, 0.2) is 53.4 Å². The summed E-state index contributed by atoms with van der Waals surface area (Å²) in [5.74, 6) is -0.817. The number of ether oxygens (including phenoxy) is 1. The van der Waals surface area contributed by atoms with Gasteiger partial charge in [-0.1, -0.05) is 23.2 Å². The van der Waals surface area contributed by atoms with Crippen molar-refractivity contribution >= 4 is 44.9 Å². The average Bonchev–Trinajstić information content (AvgIpc) is 2.74. The van der Waals surface area contributed by atoms with Crippen LogP contribution in [0.3, 0.4) is 0 Å². The van der Waals surface area contributed by atoms with Gasteiger partial charge in [0.2, 0.25) is 5.91 Å². The Morgan fingerprint density at radius 3 is 1.81 bits per heavy atom. The van der Waals surface area contributed by atoms with Crippen LogP contribution in [0.2, 0.25) is 10.0 Å². The molecule has 1 saturated carbocycles. The summed E-state index contributed by atoms with van der Waals surface area (Å²) in [6, 6.07) is 12.3. The minimum atomic E-state index is -3.73. The minimum absolute atomic E-state index is 0.0118. The molecule has 0 spiro atoms. The SMILES string of the molecule is O=C(COc1ccc(Cl)cc1)NC1CCC(NC(=O)CS(=O)(=O)c2ccc(Cl)cc2)CC1. The molecule has 0 aromatic heterocycles. The zero-order chi connectivity index (χ0) is 23.1. The van der Waals surface area contributed by atoms with E-state index in [2.05, 4.69) is 10.6 Å². The van der Waals surface area contributed by atoms with Crippen LogP contribution in [-0.4, -0.2) is 44.7 Å². The molecule has 0 aliphatic heterocycles. The number of rotatable bonds is 8. The summed E-state index contributed by atoms with van der Waals surface area (Å²) in [7, 11) is -3.73.